The Labute approximate surface area is 161 Å². The highest BCUT2D eigenvalue weighted by Gasteiger charge is 2.44. The van der Waals surface area contributed by atoms with Crippen LogP contribution in [0.4, 0.5) is 0 Å². The maximum atomic E-state index is 10.5. The summed E-state index contributed by atoms with van der Waals surface area (Å²) < 4.78 is 6.39. The molecule has 0 aliphatic rings. The van der Waals surface area contributed by atoms with Crippen LogP contribution in [-0.4, -0.2) is 20.8 Å². The minimum Gasteiger partial charge on any atom is -0.438 e. The molecule has 4 heteroatoms. The van der Waals surface area contributed by atoms with Crippen LogP contribution >= 0.6 is 0 Å². The molecule has 0 unspecified atom stereocenters. The number of unbranched alkanes of at least 4 members (excludes halogenated alkanes) is 2. The SMILES string of the molecule is O=CCCCC=NO[Si](c1ccccc1)(c1ccccc1)c1ccccc1. The van der Waals surface area contributed by atoms with E-state index >= 15 is 0 Å². The Morgan fingerprint density at radius 3 is 1.56 bits per heavy atom. The van der Waals surface area contributed by atoms with Gasteiger partial charge in [0.2, 0.25) is 0 Å². The molecule has 3 aromatic rings. The van der Waals surface area contributed by atoms with E-state index in [9.17, 15) is 4.79 Å². The fourth-order valence-electron chi connectivity index (χ4n) is 3.14. The summed E-state index contributed by atoms with van der Waals surface area (Å²) in [4.78, 5) is 10.5. The standard InChI is InChI=1S/C23H23NO2Si/c25-20-12-4-11-19-24-26-27(21-13-5-1-6-14-21,22-15-7-2-8-16-22)23-17-9-3-10-18-23/h1-3,5-10,13-20H,4,11-12H2. The molecule has 0 N–H and O–H groups in total. The Hall–Kier alpha value is -2.98. The summed E-state index contributed by atoms with van der Waals surface area (Å²) in [5.41, 5.74) is 0. The van der Waals surface area contributed by atoms with E-state index in [0.29, 0.717) is 6.42 Å². The molecule has 3 aromatic carbocycles. The topological polar surface area (TPSA) is 38.7 Å². The van der Waals surface area contributed by atoms with Crippen molar-refractivity contribution in [3.8, 4) is 0 Å². The maximum absolute atomic E-state index is 10.5. The number of hydrogen-bond acceptors (Lipinski definition) is 3. The zero-order chi connectivity index (χ0) is 18.8. The van der Waals surface area contributed by atoms with E-state index in [1.807, 2.05) is 54.6 Å². The van der Waals surface area contributed by atoms with Crippen molar-refractivity contribution in [3.05, 3.63) is 91.0 Å². The molecule has 0 aromatic heterocycles. The Balaban J connectivity index is 2.07. The minimum absolute atomic E-state index is 0.546. The number of hydrogen-bond donors (Lipinski definition) is 0. The summed E-state index contributed by atoms with van der Waals surface area (Å²) in [5, 5.41) is 7.80. The lowest BCUT2D eigenvalue weighted by Gasteiger charge is -2.30. The molecule has 136 valence electrons. The number of oxime groups is 1. The molecular weight excluding hydrogens is 350 g/mol. The molecule has 0 bridgehead atoms. The number of carbonyl (C=O) groups excluding carboxylic acids is 1. The molecule has 3 nitrogen and oxygen atoms in total. The maximum Gasteiger partial charge on any atom is 0.380 e. The molecule has 0 spiro atoms. The summed E-state index contributed by atoms with van der Waals surface area (Å²) in [6.45, 7) is 0. The molecule has 0 atom stereocenters. The van der Waals surface area contributed by atoms with Gasteiger partial charge in [-0.2, -0.15) is 0 Å². The average molecular weight is 374 g/mol. The fraction of sp³-hybridized carbons (Fsp3) is 0.130. The first-order valence-corrected chi connectivity index (χ1v) is 11.1. The van der Waals surface area contributed by atoms with Crippen LogP contribution in [0.25, 0.3) is 0 Å². The summed E-state index contributed by atoms with van der Waals surface area (Å²) in [5.74, 6) is 0. The molecule has 0 radical (unpaired) electrons. The van der Waals surface area contributed by atoms with Gasteiger partial charge in [-0.05, 0) is 28.4 Å². The largest absolute Gasteiger partial charge is 0.438 e. The van der Waals surface area contributed by atoms with Gasteiger partial charge in [-0.25, -0.2) is 0 Å². The Morgan fingerprint density at radius 1 is 0.704 bits per heavy atom. The minimum atomic E-state index is -2.76. The van der Waals surface area contributed by atoms with Crippen LogP contribution in [0.15, 0.2) is 96.2 Å². The molecule has 3 rings (SSSR count). The van der Waals surface area contributed by atoms with Gasteiger partial charge in [0.25, 0.3) is 0 Å². The summed E-state index contributed by atoms with van der Waals surface area (Å²) in [6.07, 6.45) is 4.77. The van der Waals surface area contributed by atoms with Crippen LogP contribution in [0, 0.1) is 0 Å². The monoisotopic (exact) mass is 373 g/mol. The van der Waals surface area contributed by atoms with Crippen molar-refractivity contribution in [1.29, 1.82) is 0 Å². The van der Waals surface area contributed by atoms with Crippen LogP contribution in [0.1, 0.15) is 19.3 Å². The van der Waals surface area contributed by atoms with Gasteiger partial charge in [0, 0.05) is 12.6 Å². The smallest absolute Gasteiger partial charge is 0.380 e. The quantitative estimate of drug-likeness (QED) is 0.144. The van der Waals surface area contributed by atoms with E-state index in [1.165, 1.54) is 0 Å². The van der Waals surface area contributed by atoms with E-state index < -0.39 is 8.32 Å². The second kappa shape index (κ2) is 9.64. The molecule has 0 fully saturated rings. The lowest BCUT2D eigenvalue weighted by Crippen LogP contribution is -2.68. The predicted octanol–water partition coefficient (Wildman–Crippen LogP) is 3.03. The summed E-state index contributed by atoms with van der Waals surface area (Å²) in [7, 11) is -2.76. The van der Waals surface area contributed by atoms with Crippen LogP contribution < -0.4 is 15.6 Å². The Morgan fingerprint density at radius 2 is 1.15 bits per heavy atom. The molecule has 0 heterocycles. The van der Waals surface area contributed by atoms with Gasteiger partial charge < -0.3 is 9.32 Å². The van der Waals surface area contributed by atoms with E-state index in [0.717, 1.165) is 34.7 Å². The fourth-order valence-corrected chi connectivity index (χ4v) is 6.67. The summed E-state index contributed by atoms with van der Waals surface area (Å²) >= 11 is 0. The third-order valence-corrected chi connectivity index (χ3v) is 8.28. The third kappa shape index (κ3) is 4.41. The molecular formula is C23H23NO2Si. The van der Waals surface area contributed by atoms with Crippen molar-refractivity contribution in [3.63, 3.8) is 0 Å². The molecule has 27 heavy (non-hydrogen) atoms. The van der Waals surface area contributed by atoms with Crippen LogP contribution in [0.3, 0.4) is 0 Å². The number of nitrogens with zero attached hydrogens (tertiary/aromatic N) is 1. The van der Waals surface area contributed by atoms with Gasteiger partial charge in [0.1, 0.15) is 6.29 Å². The van der Waals surface area contributed by atoms with E-state index in [4.69, 9.17) is 4.53 Å². The van der Waals surface area contributed by atoms with Gasteiger partial charge in [0.05, 0.1) is 0 Å². The van der Waals surface area contributed by atoms with Crippen molar-refractivity contribution >= 4 is 36.4 Å². The van der Waals surface area contributed by atoms with Crippen molar-refractivity contribution in [2.24, 2.45) is 5.16 Å². The molecule has 0 aliphatic carbocycles. The molecule has 0 aliphatic heterocycles. The molecule has 0 saturated heterocycles. The third-order valence-electron chi connectivity index (χ3n) is 4.46. The summed E-state index contributed by atoms with van der Waals surface area (Å²) in [6, 6.07) is 31.0. The first-order chi connectivity index (χ1) is 13.4. The lowest BCUT2D eigenvalue weighted by molar-refractivity contribution is -0.107. The first-order valence-electron chi connectivity index (χ1n) is 9.18. The van der Waals surface area contributed by atoms with Gasteiger partial charge in [-0.3, -0.25) is 0 Å². The average Bonchev–Trinajstić information content (AvgIpc) is 2.75. The van der Waals surface area contributed by atoms with E-state index in [-0.39, 0.29) is 0 Å². The van der Waals surface area contributed by atoms with Crippen molar-refractivity contribution in [2.75, 3.05) is 0 Å². The van der Waals surface area contributed by atoms with Gasteiger partial charge in [-0.1, -0.05) is 91.0 Å². The number of benzene rings is 3. The van der Waals surface area contributed by atoms with Gasteiger partial charge in [0.15, 0.2) is 0 Å². The zero-order valence-corrected chi connectivity index (χ0v) is 16.2. The first kappa shape index (κ1) is 18.8. The Kier molecular flexibility index (Phi) is 6.71. The van der Waals surface area contributed by atoms with Gasteiger partial charge >= 0.3 is 8.32 Å². The number of carbonyl (C=O) groups is 1. The number of aldehydes is 1. The lowest BCUT2D eigenvalue weighted by atomic mass is 10.3. The molecule has 0 saturated carbocycles. The van der Waals surface area contributed by atoms with Crippen molar-refractivity contribution in [2.45, 2.75) is 19.3 Å². The van der Waals surface area contributed by atoms with Gasteiger partial charge in [-0.15, -0.1) is 5.16 Å². The Bertz CT molecular complexity index is 755. The predicted molar refractivity (Wildman–Crippen MR) is 113 cm³/mol. The van der Waals surface area contributed by atoms with Crippen LogP contribution in [0.5, 0.6) is 0 Å². The van der Waals surface area contributed by atoms with Crippen molar-refractivity contribution in [1.82, 2.24) is 0 Å². The second-order valence-corrected chi connectivity index (χ2v) is 9.53. The van der Waals surface area contributed by atoms with Crippen LogP contribution in [0.2, 0.25) is 0 Å². The van der Waals surface area contributed by atoms with Crippen molar-refractivity contribution < 1.29 is 9.32 Å². The van der Waals surface area contributed by atoms with E-state index in [1.54, 1.807) is 6.21 Å². The second-order valence-electron chi connectivity index (χ2n) is 6.26. The van der Waals surface area contributed by atoms with E-state index in [2.05, 4.69) is 41.6 Å². The van der Waals surface area contributed by atoms with Crippen LogP contribution in [-0.2, 0) is 9.32 Å². The molecule has 0 amide bonds. The highest BCUT2D eigenvalue weighted by atomic mass is 28.4. The zero-order valence-electron chi connectivity index (χ0n) is 15.2. The highest BCUT2D eigenvalue weighted by molar-refractivity contribution is 7.07. The number of rotatable bonds is 9. The normalized spacial score (nSPS) is 11.4. The highest BCUT2D eigenvalue weighted by Crippen LogP contribution is 2.10.